The maximum absolute atomic E-state index is 12.6. The van der Waals surface area contributed by atoms with Crippen LogP contribution in [-0.4, -0.2) is 47.4 Å². The fourth-order valence-electron chi connectivity index (χ4n) is 4.32. The van der Waals surface area contributed by atoms with Gasteiger partial charge in [-0.25, -0.2) is 9.97 Å². The molecule has 2 aromatic rings. The number of aldehydes is 1. The van der Waals surface area contributed by atoms with Gasteiger partial charge in [0.2, 0.25) is 5.82 Å². The molecule has 0 spiro atoms. The van der Waals surface area contributed by atoms with Gasteiger partial charge >= 0.3 is 0 Å². The Labute approximate surface area is 197 Å². The summed E-state index contributed by atoms with van der Waals surface area (Å²) in [6, 6.07) is 7.16. The summed E-state index contributed by atoms with van der Waals surface area (Å²) in [5.74, 6) is 0.668. The van der Waals surface area contributed by atoms with E-state index in [4.69, 9.17) is 21.6 Å². The highest BCUT2D eigenvalue weighted by Crippen LogP contribution is 2.27. The number of benzene rings is 1. The van der Waals surface area contributed by atoms with Gasteiger partial charge in [-0.2, -0.15) is 5.26 Å². The van der Waals surface area contributed by atoms with Gasteiger partial charge in [-0.1, -0.05) is 11.6 Å². The van der Waals surface area contributed by atoms with Crippen molar-refractivity contribution in [1.82, 2.24) is 15.3 Å². The van der Waals surface area contributed by atoms with Gasteiger partial charge in [-0.3, -0.25) is 4.79 Å². The molecule has 2 heterocycles. The van der Waals surface area contributed by atoms with E-state index < -0.39 is 0 Å². The van der Waals surface area contributed by atoms with Gasteiger partial charge in [0.05, 0.1) is 34.8 Å². The maximum Gasteiger partial charge on any atom is 0.289 e. The van der Waals surface area contributed by atoms with Crippen LogP contribution in [0.25, 0.3) is 0 Å². The van der Waals surface area contributed by atoms with Crippen LogP contribution in [0.2, 0.25) is 5.02 Å². The average Bonchev–Trinajstić information content (AvgIpc) is 2.85. The van der Waals surface area contributed by atoms with Crippen molar-refractivity contribution >= 4 is 29.5 Å². The Balaban J connectivity index is 1.24. The molecule has 1 N–H and O–H groups in total. The normalized spacial score (nSPS) is 21.2. The van der Waals surface area contributed by atoms with Crippen molar-refractivity contribution < 1.29 is 14.3 Å². The second-order valence-electron chi connectivity index (χ2n) is 8.54. The SMILES string of the molecule is N#Cc1ccc(O[C@H]2CC[C@H](NC(=O)c3ncc(N4CCC(C=O)CC4)cn3)CC2)cc1Cl. The van der Waals surface area contributed by atoms with Crippen molar-refractivity contribution in [2.45, 2.75) is 50.7 Å². The number of hydrogen-bond acceptors (Lipinski definition) is 7. The van der Waals surface area contributed by atoms with Crippen LogP contribution in [0.4, 0.5) is 5.69 Å². The summed E-state index contributed by atoms with van der Waals surface area (Å²) in [6.45, 7) is 1.58. The number of piperidine rings is 1. The van der Waals surface area contributed by atoms with Gasteiger partial charge in [0.1, 0.15) is 18.1 Å². The number of nitrogens with one attached hydrogen (secondary N) is 1. The summed E-state index contributed by atoms with van der Waals surface area (Å²) in [4.78, 5) is 34.2. The molecule has 9 heteroatoms. The Morgan fingerprint density at radius 2 is 1.85 bits per heavy atom. The highest BCUT2D eigenvalue weighted by molar-refractivity contribution is 6.31. The lowest BCUT2D eigenvalue weighted by atomic mass is 9.93. The number of hydrogen-bond donors (Lipinski definition) is 1. The molecule has 8 nitrogen and oxygen atoms in total. The highest BCUT2D eigenvalue weighted by Gasteiger charge is 2.25. The number of rotatable bonds is 6. The van der Waals surface area contributed by atoms with Crippen LogP contribution < -0.4 is 15.0 Å². The molecular formula is C24H26ClN5O3. The van der Waals surface area contributed by atoms with Crippen LogP contribution in [0.3, 0.4) is 0 Å². The maximum atomic E-state index is 12.6. The van der Waals surface area contributed by atoms with E-state index in [2.05, 4.69) is 20.2 Å². The molecule has 1 amide bonds. The summed E-state index contributed by atoms with van der Waals surface area (Å²) in [5, 5.41) is 12.4. The minimum Gasteiger partial charge on any atom is -0.490 e. The van der Waals surface area contributed by atoms with E-state index in [-0.39, 0.29) is 29.8 Å². The Hall–Kier alpha value is -3.18. The largest absolute Gasteiger partial charge is 0.490 e. The third-order valence-electron chi connectivity index (χ3n) is 6.31. The number of anilines is 1. The molecule has 1 aromatic carbocycles. The Morgan fingerprint density at radius 3 is 2.45 bits per heavy atom. The lowest BCUT2D eigenvalue weighted by molar-refractivity contribution is -0.111. The first-order chi connectivity index (χ1) is 16.1. The van der Waals surface area contributed by atoms with E-state index in [1.807, 2.05) is 6.07 Å². The molecule has 33 heavy (non-hydrogen) atoms. The van der Waals surface area contributed by atoms with Gasteiger partial charge in [0.25, 0.3) is 5.91 Å². The van der Waals surface area contributed by atoms with E-state index in [1.54, 1.807) is 30.6 Å². The number of aromatic nitrogens is 2. The number of ether oxygens (including phenoxy) is 1. The van der Waals surface area contributed by atoms with Crippen LogP contribution in [-0.2, 0) is 4.79 Å². The number of carbonyl (C=O) groups excluding carboxylic acids is 2. The number of carbonyl (C=O) groups is 2. The number of nitriles is 1. The Kier molecular flexibility index (Phi) is 7.40. The number of nitrogens with zero attached hydrogens (tertiary/aromatic N) is 4. The van der Waals surface area contributed by atoms with E-state index in [9.17, 15) is 9.59 Å². The predicted molar refractivity (Wildman–Crippen MR) is 123 cm³/mol. The zero-order chi connectivity index (χ0) is 23.2. The third kappa shape index (κ3) is 5.79. The molecule has 0 bridgehead atoms. The molecule has 172 valence electrons. The molecule has 1 saturated carbocycles. The molecule has 1 aliphatic heterocycles. The lowest BCUT2D eigenvalue weighted by Gasteiger charge is -2.31. The van der Waals surface area contributed by atoms with Crippen LogP contribution in [0.15, 0.2) is 30.6 Å². The molecule has 1 aliphatic carbocycles. The highest BCUT2D eigenvalue weighted by atomic mass is 35.5. The standard InChI is InChI=1S/C24H26ClN5O3/c25-22-11-21(4-1-17(22)12-26)33-20-5-2-18(3-6-20)29-24(32)23-27-13-19(14-28-23)30-9-7-16(15-31)8-10-30/h1,4,11,13-16,18,20H,2-3,5-10H2,(H,29,32)/t18-,20-. The third-order valence-corrected chi connectivity index (χ3v) is 6.62. The van der Waals surface area contributed by atoms with Crippen LogP contribution in [0, 0.1) is 17.2 Å². The monoisotopic (exact) mass is 467 g/mol. The topological polar surface area (TPSA) is 108 Å². The summed E-state index contributed by atoms with van der Waals surface area (Å²) < 4.78 is 6.00. The van der Waals surface area contributed by atoms with Gasteiger partial charge in [0, 0.05) is 31.1 Å². The quantitative estimate of drug-likeness (QED) is 0.647. The molecule has 0 atom stereocenters. The van der Waals surface area contributed by atoms with Gasteiger partial charge in [-0.05, 0) is 50.7 Å². The molecule has 4 rings (SSSR count). The van der Waals surface area contributed by atoms with Crippen LogP contribution in [0.5, 0.6) is 5.75 Å². The summed E-state index contributed by atoms with van der Waals surface area (Å²) >= 11 is 6.07. The average molecular weight is 468 g/mol. The van der Waals surface area contributed by atoms with Gasteiger partial charge in [-0.15, -0.1) is 0 Å². The van der Waals surface area contributed by atoms with Crippen molar-refractivity contribution in [3.63, 3.8) is 0 Å². The summed E-state index contributed by atoms with van der Waals surface area (Å²) in [6.07, 6.45) is 9.29. The Morgan fingerprint density at radius 1 is 1.15 bits per heavy atom. The van der Waals surface area contributed by atoms with E-state index in [0.29, 0.717) is 16.3 Å². The van der Waals surface area contributed by atoms with Gasteiger partial charge in [0.15, 0.2) is 0 Å². The molecular weight excluding hydrogens is 442 g/mol. The van der Waals surface area contributed by atoms with Crippen molar-refractivity contribution in [1.29, 1.82) is 5.26 Å². The minimum absolute atomic E-state index is 0.0426. The second-order valence-corrected chi connectivity index (χ2v) is 8.95. The van der Waals surface area contributed by atoms with E-state index in [0.717, 1.165) is 63.6 Å². The fraction of sp³-hybridized carbons (Fsp3) is 0.458. The second kappa shape index (κ2) is 10.6. The summed E-state index contributed by atoms with van der Waals surface area (Å²) in [7, 11) is 0. The lowest BCUT2D eigenvalue weighted by Crippen LogP contribution is -2.40. The first-order valence-electron chi connectivity index (χ1n) is 11.2. The van der Waals surface area contributed by atoms with Crippen molar-refractivity contribution in [3.05, 3.63) is 47.0 Å². The minimum atomic E-state index is -0.274. The number of amides is 1. The fourth-order valence-corrected chi connectivity index (χ4v) is 4.54. The summed E-state index contributed by atoms with van der Waals surface area (Å²) in [5.41, 5.74) is 1.30. The van der Waals surface area contributed by atoms with Gasteiger partial charge < -0.3 is 19.7 Å². The molecule has 0 radical (unpaired) electrons. The first-order valence-corrected chi connectivity index (χ1v) is 11.6. The molecule has 2 fully saturated rings. The predicted octanol–water partition coefficient (Wildman–Crippen LogP) is 3.54. The van der Waals surface area contributed by atoms with Crippen LogP contribution in [0.1, 0.15) is 54.7 Å². The molecule has 2 aliphatic rings. The molecule has 1 aromatic heterocycles. The van der Waals surface area contributed by atoms with E-state index in [1.165, 1.54) is 0 Å². The molecule has 0 unspecified atom stereocenters. The molecule has 1 saturated heterocycles. The van der Waals surface area contributed by atoms with E-state index >= 15 is 0 Å². The Bertz CT molecular complexity index is 1020. The first kappa shape index (κ1) is 23.0. The zero-order valence-corrected chi connectivity index (χ0v) is 19.0. The van der Waals surface area contributed by atoms with Crippen molar-refractivity contribution in [3.8, 4) is 11.8 Å². The van der Waals surface area contributed by atoms with Crippen molar-refractivity contribution in [2.24, 2.45) is 5.92 Å². The number of halogens is 1. The van der Waals surface area contributed by atoms with Crippen molar-refractivity contribution in [2.75, 3.05) is 18.0 Å². The van der Waals surface area contributed by atoms with Crippen LogP contribution >= 0.6 is 11.6 Å². The zero-order valence-electron chi connectivity index (χ0n) is 18.2. The smallest absolute Gasteiger partial charge is 0.289 e.